The van der Waals surface area contributed by atoms with E-state index in [-0.39, 0.29) is 5.91 Å². The van der Waals surface area contributed by atoms with Gasteiger partial charge in [0.1, 0.15) is 6.61 Å². The molecule has 5 heteroatoms. The lowest BCUT2D eigenvalue weighted by molar-refractivity contribution is 0.0962. The zero-order valence-corrected chi connectivity index (χ0v) is 12.6. The lowest BCUT2D eigenvalue weighted by Gasteiger charge is -2.12. The van der Waals surface area contributed by atoms with Gasteiger partial charge in [-0.15, -0.1) is 0 Å². The molecule has 0 spiro atoms. The molecule has 1 N–H and O–H groups in total. The fourth-order valence-corrected chi connectivity index (χ4v) is 2.03. The van der Waals surface area contributed by atoms with Gasteiger partial charge >= 0.3 is 0 Å². The number of hydrogen-bond acceptors (Lipinski definition) is 3. The molecule has 0 aliphatic carbocycles. The summed E-state index contributed by atoms with van der Waals surface area (Å²) in [6.07, 6.45) is 0. The molecule has 0 radical (unpaired) electrons. The molecular formula is C16H16ClNO3. The van der Waals surface area contributed by atoms with E-state index in [0.29, 0.717) is 28.7 Å². The van der Waals surface area contributed by atoms with Crippen LogP contribution in [0.4, 0.5) is 0 Å². The summed E-state index contributed by atoms with van der Waals surface area (Å²) in [4.78, 5) is 11.6. The monoisotopic (exact) mass is 305 g/mol. The third kappa shape index (κ3) is 3.67. The van der Waals surface area contributed by atoms with Crippen molar-refractivity contribution < 1.29 is 14.3 Å². The molecule has 0 unspecified atom stereocenters. The van der Waals surface area contributed by atoms with Crippen LogP contribution in [0.25, 0.3) is 0 Å². The maximum absolute atomic E-state index is 11.6. The Bertz CT molecular complexity index is 643. The van der Waals surface area contributed by atoms with E-state index in [1.165, 1.54) is 7.11 Å². The normalized spacial score (nSPS) is 10.0. The maximum atomic E-state index is 11.6. The van der Waals surface area contributed by atoms with E-state index in [1.54, 1.807) is 25.2 Å². The number of rotatable bonds is 5. The molecule has 2 aromatic rings. The van der Waals surface area contributed by atoms with Gasteiger partial charge in [-0.1, -0.05) is 29.8 Å². The van der Waals surface area contributed by atoms with E-state index in [0.717, 1.165) is 5.56 Å². The molecule has 21 heavy (non-hydrogen) atoms. The van der Waals surface area contributed by atoms with Gasteiger partial charge in [0.2, 0.25) is 0 Å². The summed E-state index contributed by atoms with van der Waals surface area (Å²) in [6, 6.07) is 12.5. The minimum Gasteiger partial charge on any atom is -0.493 e. The highest BCUT2D eigenvalue weighted by molar-refractivity contribution is 6.31. The zero-order chi connectivity index (χ0) is 15.2. The smallest absolute Gasteiger partial charge is 0.251 e. The van der Waals surface area contributed by atoms with Crippen molar-refractivity contribution in [2.45, 2.75) is 6.61 Å². The van der Waals surface area contributed by atoms with Crippen molar-refractivity contribution in [3.8, 4) is 11.5 Å². The van der Waals surface area contributed by atoms with Crippen molar-refractivity contribution in [2.75, 3.05) is 14.2 Å². The van der Waals surface area contributed by atoms with Crippen LogP contribution < -0.4 is 14.8 Å². The molecule has 0 aromatic heterocycles. The summed E-state index contributed by atoms with van der Waals surface area (Å²) in [5.74, 6) is 0.888. The van der Waals surface area contributed by atoms with E-state index in [9.17, 15) is 4.79 Å². The molecule has 0 aliphatic heterocycles. The highest BCUT2D eigenvalue weighted by Gasteiger charge is 2.10. The number of carbonyl (C=O) groups excluding carboxylic acids is 1. The standard InChI is InChI=1S/C16H16ClNO3/c1-18-16(19)11-7-8-14(15(9-11)20-2)21-10-12-5-3-4-6-13(12)17/h3-9H,10H2,1-2H3,(H,18,19). The SMILES string of the molecule is CNC(=O)c1ccc(OCc2ccccc2Cl)c(OC)c1. The topological polar surface area (TPSA) is 47.6 Å². The number of benzene rings is 2. The Hall–Kier alpha value is -2.20. The number of carbonyl (C=O) groups is 1. The molecule has 0 heterocycles. The maximum Gasteiger partial charge on any atom is 0.251 e. The number of hydrogen-bond donors (Lipinski definition) is 1. The first-order valence-corrected chi connectivity index (χ1v) is 6.80. The number of nitrogens with one attached hydrogen (secondary N) is 1. The van der Waals surface area contributed by atoms with E-state index < -0.39 is 0 Å². The molecule has 0 fully saturated rings. The highest BCUT2D eigenvalue weighted by atomic mass is 35.5. The van der Waals surface area contributed by atoms with Crippen LogP contribution in [0.15, 0.2) is 42.5 Å². The van der Waals surface area contributed by atoms with Crippen LogP contribution in [0.5, 0.6) is 11.5 Å². The second-order valence-electron chi connectivity index (χ2n) is 4.32. The zero-order valence-electron chi connectivity index (χ0n) is 11.9. The van der Waals surface area contributed by atoms with Crippen molar-refractivity contribution in [2.24, 2.45) is 0 Å². The number of amides is 1. The molecule has 2 aromatic carbocycles. The van der Waals surface area contributed by atoms with E-state index in [2.05, 4.69) is 5.32 Å². The Kier molecular flexibility index (Phi) is 5.06. The molecule has 4 nitrogen and oxygen atoms in total. The third-order valence-electron chi connectivity index (χ3n) is 2.99. The fourth-order valence-electron chi connectivity index (χ4n) is 1.84. The first kappa shape index (κ1) is 15.2. The summed E-state index contributed by atoms with van der Waals surface area (Å²) < 4.78 is 11.0. The molecule has 0 saturated heterocycles. The molecule has 110 valence electrons. The third-order valence-corrected chi connectivity index (χ3v) is 3.36. The first-order chi connectivity index (χ1) is 10.2. The van der Waals surface area contributed by atoms with Crippen molar-refractivity contribution in [1.82, 2.24) is 5.32 Å². The Balaban J connectivity index is 2.17. The quantitative estimate of drug-likeness (QED) is 0.922. The van der Waals surface area contributed by atoms with Crippen LogP contribution >= 0.6 is 11.6 Å². The van der Waals surface area contributed by atoms with Crippen molar-refractivity contribution in [3.63, 3.8) is 0 Å². The van der Waals surface area contributed by atoms with Gasteiger partial charge in [-0.3, -0.25) is 4.79 Å². The molecule has 0 bridgehead atoms. The predicted molar refractivity (Wildman–Crippen MR) is 82.2 cm³/mol. The van der Waals surface area contributed by atoms with Gasteiger partial charge in [-0.25, -0.2) is 0 Å². The summed E-state index contributed by atoms with van der Waals surface area (Å²) in [5.41, 5.74) is 1.40. The van der Waals surface area contributed by atoms with Crippen LogP contribution in [0, 0.1) is 0 Å². The van der Waals surface area contributed by atoms with Crippen molar-refractivity contribution in [3.05, 3.63) is 58.6 Å². The average Bonchev–Trinajstić information content (AvgIpc) is 2.53. The minimum atomic E-state index is -0.175. The van der Waals surface area contributed by atoms with Crippen LogP contribution in [0.3, 0.4) is 0 Å². The van der Waals surface area contributed by atoms with Gasteiger partial charge in [0, 0.05) is 23.2 Å². The number of ether oxygens (including phenoxy) is 2. The first-order valence-electron chi connectivity index (χ1n) is 6.42. The number of halogens is 1. The van der Waals surface area contributed by atoms with E-state index >= 15 is 0 Å². The van der Waals surface area contributed by atoms with Gasteiger partial charge in [-0.05, 0) is 24.3 Å². The fraction of sp³-hybridized carbons (Fsp3) is 0.188. The van der Waals surface area contributed by atoms with Gasteiger partial charge in [0.15, 0.2) is 11.5 Å². The molecule has 2 rings (SSSR count). The van der Waals surface area contributed by atoms with Crippen LogP contribution in [-0.4, -0.2) is 20.1 Å². The summed E-state index contributed by atoms with van der Waals surface area (Å²) in [7, 11) is 3.11. The Morgan fingerprint density at radius 1 is 1.19 bits per heavy atom. The molecule has 0 saturated carbocycles. The van der Waals surface area contributed by atoms with Crippen LogP contribution in [0.2, 0.25) is 5.02 Å². The second kappa shape index (κ2) is 6.99. The highest BCUT2D eigenvalue weighted by Crippen LogP contribution is 2.29. The lowest BCUT2D eigenvalue weighted by Crippen LogP contribution is -2.17. The molecule has 0 atom stereocenters. The van der Waals surface area contributed by atoms with Crippen molar-refractivity contribution >= 4 is 17.5 Å². The average molecular weight is 306 g/mol. The predicted octanol–water partition coefficient (Wildman–Crippen LogP) is 3.29. The summed E-state index contributed by atoms with van der Waals surface area (Å²) in [5, 5.41) is 3.22. The van der Waals surface area contributed by atoms with Gasteiger partial charge < -0.3 is 14.8 Å². The van der Waals surface area contributed by atoms with E-state index in [4.69, 9.17) is 21.1 Å². The Morgan fingerprint density at radius 3 is 2.62 bits per heavy atom. The molecule has 0 aliphatic rings. The number of methoxy groups -OCH3 is 1. The lowest BCUT2D eigenvalue weighted by atomic mass is 10.2. The Labute approximate surface area is 128 Å². The van der Waals surface area contributed by atoms with Gasteiger partial charge in [-0.2, -0.15) is 0 Å². The summed E-state index contributed by atoms with van der Waals surface area (Å²) in [6.45, 7) is 0.329. The van der Waals surface area contributed by atoms with E-state index in [1.807, 2.05) is 24.3 Å². The molecule has 1 amide bonds. The van der Waals surface area contributed by atoms with Crippen molar-refractivity contribution in [1.29, 1.82) is 0 Å². The largest absolute Gasteiger partial charge is 0.493 e. The minimum absolute atomic E-state index is 0.175. The molecular weight excluding hydrogens is 290 g/mol. The Morgan fingerprint density at radius 2 is 1.95 bits per heavy atom. The van der Waals surface area contributed by atoms with Crippen LogP contribution in [0.1, 0.15) is 15.9 Å². The summed E-state index contributed by atoms with van der Waals surface area (Å²) >= 11 is 6.09. The van der Waals surface area contributed by atoms with Crippen LogP contribution in [-0.2, 0) is 6.61 Å². The second-order valence-corrected chi connectivity index (χ2v) is 4.73. The van der Waals surface area contributed by atoms with Gasteiger partial charge in [0.25, 0.3) is 5.91 Å². The van der Waals surface area contributed by atoms with Gasteiger partial charge in [0.05, 0.1) is 7.11 Å².